The molecule has 2 heterocycles. The first-order chi connectivity index (χ1) is 13.2. The van der Waals surface area contributed by atoms with Gasteiger partial charge < -0.3 is 10.1 Å². The Kier molecular flexibility index (Phi) is 5.71. The van der Waals surface area contributed by atoms with Crippen molar-refractivity contribution in [1.82, 2.24) is 14.1 Å². The van der Waals surface area contributed by atoms with Crippen LogP contribution in [0.2, 0.25) is 0 Å². The molecule has 0 atom stereocenters. The van der Waals surface area contributed by atoms with E-state index in [1.165, 1.54) is 41.5 Å². The van der Waals surface area contributed by atoms with Crippen LogP contribution in [-0.2, 0) is 17.1 Å². The molecule has 1 fully saturated rings. The summed E-state index contributed by atoms with van der Waals surface area (Å²) >= 11 is 0. The molecular weight excluding hydrogens is 387 g/mol. The van der Waals surface area contributed by atoms with Crippen molar-refractivity contribution in [3.05, 3.63) is 35.8 Å². The van der Waals surface area contributed by atoms with E-state index >= 15 is 0 Å². The minimum Gasteiger partial charge on any atom is -0.497 e. The van der Waals surface area contributed by atoms with E-state index in [1.54, 1.807) is 0 Å². The number of carbonyl (C=O) groups is 1. The quantitative estimate of drug-likeness (QED) is 0.816. The second-order valence-electron chi connectivity index (χ2n) is 6.91. The average Bonchev–Trinajstić information content (AvgIpc) is 3.06. The highest BCUT2D eigenvalue weighted by molar-refractivity contribution is 7.89. The number of halogens is 1. The van der Waals surface area contributed by atoms with Gasteiger partial charge in [-0.25, -0.2) is 12.8 Å². The number of rotatable bonds is 5. The van der Waals surface area contributed by atoms with Crippen LogP contribution in [0.1, 0.15) is 30.1 Å². The Morgan fingerprint density at radius 2 is 2.00 bits per heavy atom. The first-order valence-electron chi connectivity index (χ1n) is 8.91. The number of aryl methyl sites for hydroxylation is 1. The predicted octanol–water partition coefficient (Wildman–Crippen LogP) is 2.24. The molecule has 152 valence electrons. The monoisotopic (exact) mass is 410 g/mol. The normalized spacial score (nSPS) is 16.1. The predicted molar refractivity (Wildman–Crippen MR) is 101 cm³/mol. The number of benzene rings is 1. The van der Waals surface area contributed by atoms with Gasteiger partial charge in [-0.1, -0.05) is 6.92 Å². The fourth-order valence-corrected chi connectivity index (χ4v) is 4.67. The first-order valence-corrected chi connectivity index (χ1v) is 10.3. The standard InChI is InChI=1S/C18H23FN4O4S/c1-12-6-8-23(9-7-12)28(25,26)18-14(11-22(2)21-18)17(24)20-16-5-4-13(27-3)10-15(16)19/h4-5,10-12H,6-9H2,1-3H3,(H,20,24). The summed E-state index contributed by atoms with van der Waals surface area (Å²) < 4.78 is 47.7. The maximum Gasteiger partial charge on any atom is 0.263 e. The third kappa shape index (κ3) is 4.02. The fourth-order valence-electron chi connectivity index (χ4n) is 3.08. The minimum absolute atomic E-state index is 0.0789. The number of nitrogens with one attached hydrogen (secondary N) is 1. The lowest BCUT2D eigenvalue weighted by Crippen LogP contribution is -2.38. The van der Waals surface area contributed by atoms with Crippen LogP contribution in [0.3, 0.4) is 0 Å². The van der Waals surface area contributed by atoms with Crippen LogP contribution in [0.4, 0.5) is 10.1 Å². The van der Waals surface area contributed by atoms with Crippen LogP contribution >= 0.6 is 0 Å². The Bertz CT molecular complexity index is 981. The molecule has 1 N–H and O–H groups in total. The van der Waals surface area contributed by atoms with E-state index in [2.05, 4.69) is 17.3 Å². The summed E-state index contributed by atoms with van der Waals surface area (Å²) in [6, 6.07) is 3.97. The van der Waals surface area contributed by atoms with Gasteiger partial charge in [0, 0.05) is 32.4 Å². The number of hydrogen-bond acceptors (Lipinski definition) is 5. The van der Waals surface area contributed by atoms with Gasteiger partial charge >= 0.3 is 0 Å². The van der Waals surface area contributed by atoms with Crippen molar-refractivity contribution in [2.45, 2.75) is 24.8 Å². The summed E-state index contributed by atoms with van der Waals surface area (Å²) in [5.74, 6) is -0.678. The molecule has 0 bridgehead atoms. The molecular formula is C18H23FN4O4S. The van der Waals surface area contributed by atoms with Gasteiger partial charge in [0.25, 0.3) is 15.9 Å². The van der Waals surface area contributed by atoms with E-state index in [0.29, 0.717) is 24.8 Å². The molecule has 1 aliphatic rings. The summed E-state index contributed by atoms with van der Waals surface area (Å²) in [6.45, 7) is 2.84. The molecule has 1 aromatic heterocycles. The zero-order chi connectivity index (χ0) is 20.5. The topological polar surface area (TPSA) is 93.5 Å². The van der Waals surface area contributed by atoms with Crippen molar-refractivity contribution in [1.29, 1.82) is 0 Å². The molecule has 10 heteroatoms. The Hall–Kier alpha value is -2.46. The Morgan fingerprint density at radius 1 is 1.32 bits per heavy atom. The third-order valence-corrected chi connectivity index (χ3v) is 6.63. The number of piperidine rings is 1. The molecule has 0 spiro atoms. The molecule has 3 rings (SSSR count). The molecule has 0 saturated carbocycles. The van der Waals surface area contributed by atoms with E-state index in [0.717, 1.165) is 18.9 Å². The van der Waals surface area contributed by atoms with Crippen molar-refractivity contribution in [3.8, 4) is 5.75 Å². The number of ether oxygens (including phenoxy) is 1. The van der Waals surface area contributed by atoms with Gasteiger partial charge in [0.15, 0.2) is 0 Å². The van der Waals surface area contributed by atoms with Gasteiger partial charge in [-0.3, -0.25) is 9.48 Å². The number of carbonyl (C=O) groups excluding carboxylic acids is 1. The molecule has 0 aliphatic carbocycles. The van der Waals surface area contributed by atoms with Crippen molar-refractivity contribution in [2.75, 3.05) is 25.5 Å². The van der Waals surface area contributed by atoms with Crippen molar-refractivity contribution < 1.29 is 22.3 Å². The average molecular weight is 410 g/mol. The number of anilines is 1. The Labute approximate surface area is 163 Å². The van der Waals surface area contributed by atoms with E-state index in [1.807, 2.05) is 0 Å². The molecule has 0 radical (unpaired) electrons. The van der Waals surface area contributed by atoms with Gasteiger partial charge in [-0.15, -0.1) is 0 Å². The third-order valence-electron chi connectivity index (χ3n) is 4.79. The van der Waals surface area contributed by atoms with Gasteiger partial charge in [-0.2, -0.15) is 9.40 Å². The zero-order valence-corrected chi connectivity index (χ0v) is 16.8. The van der Waals surface area contributed by atoms with E-state index in [9.17, 15) is 17.6 Å². The number of nitrogens with zero attached hydrogens (tertiary/aromatic N) is 3. The maximum atomic E-state index is 14.1. The molecule has 1 aliphatic heterocycles. The molecule has 0 unspecified atom stereocenters. The summed E-state index contributed by atoms with van der Waals surface area (Å²) in [7, 11) is -0.993. The van der Waals surface area contributed by atoms with Crippen LogP contribution in [0.15, 0.2) is 29.4 Å². The number of methoxy groups -OCH3 is 1. The van der Waals surface area contributed by atoms with Gasteiger partial charge in [-0.05, 0) is 30.9 Å². The molecule has 28 heavy (non-hydrogen) atoms. The lowest BCUT2D eigenvalue weighted by molar-refractivity contribution is 0.102. The number of sulfonamides is 1. The zero-order valence-electron chi connectivity index (χ0n) is 16.0. The van der Waals surface area contributed by atoms with Gasteiger partial charge in [0.05, 0.1) is 18.4 Å². The van der Waals surface area contributed by atoms with Crippen LogP contribution in [-0.4, -0.2) is 48.6 Å². The lowest BCUT2D eigenvalue weighted by Gasteiger charge is -2.28. The Balaban J connectivity index is 1.88. The second-order valence-corrected chi connectivity index (χ2v) is 8.76. The number of aromatic nitrogens is 2. The minimum atomic E-state index is -3.93. The number of amides is 1. The maximum absolute atomic E-state index is 14.1. The molecule has 2 aromatic rings. The van der Waals surface area contributed by atoms with E-state index < -0.39 is 21.7 Å². The smallest absolute Gasteiger partial charge is 0.263 e. The van der Waals surface area contributed by atoms with Crippen LogP contribution < -0.4 is 10.1 Å². The van der Waals surface area contributed by atoms with E-state index in [-0.39, 0.29) is 16.3 Å². The Morgan fingerprint density at radius 3 is 2.61 bits per heavy atom. The van der Waals surface area contributed by atoms with Crippen LogP contribution in [0, 0.1) is 11.7 Å². The van der Waals surface area contributed by atoms with Gasteiger partial charge in [0.2, 0.25) is 5.03 Å². The highest BCUT2D eigenvalue weighted by Gasteiger charge is 2.34. The largest absolute Gasteiger partial charge is 0.497 e. The van der Waals surface area contributed by atoms with E-state index in [4.69, 9.17) is 4.74 Å². The number of hydrogen-bond donors (Lipinski definition) is 1. The highest BCUT2D eigenvalue weighted by Crippen LogP contribution is 2.26. The first kappa shape index (κ1) is 20.3. The van der Waals surface area contributed by atoms with Crippen molar-refractivity contribution in [2.24, 2.45) is 13.0 Å². The summed E-state index contributed by atoms with van der Waals surface area (Å²) in [4.78, 5) is 12.7. The summed E-state index contributed by atoms with van der Waals surface area (Å²) in [5, 5.41) is 6.09. The SMILES string of the molecule is COc1ccc(NC(=O)c2cn(C)nc2S(=O)(=O)N2CCC(C)CC2)c(F)c1. The highest BCUT2D eigenvalue weighted by atomic mass is 32.2. The van der Waals surface area contributed by atoms with Crippen molar-refractivity contribution in [3.63, 3.8) is 0 Å². The second kappa shape index (κ2) is 7.88. The molecule has 1 aromatic carbocycles. The van der Waals surface area contributed by atoms with Crippen LogP contribution in [0.25, 0.3) is 0 Å². The van der Waals surface area contributed by atoms with Crippen molar-refractivity contribution >= 4 is 21.6 Å². The van der Waals surface area contributed by atoms with Gasteiger partial charge in [0.1, 0.15) is 11.6 Å². The fraction of sp³-hybridized carbons (Fsp3) is 0.444. The molecule has 1 amide bonds. The summed E-state index contributed by atoms with van der Waals surface area (Å²) in [5.41, 5.74) is -0.207. The molecule has 1 saturated heterocycles. The lowest BCUT2D eigenvalue weighted by atomic mass is 10.0. The molecule has 8 nitrogen and oxygen atoms in total. The van der Waals surface area contributed by atoms with Crippen LogP contribution in [0.5, 0.6) is 5.75 Å². The summed E-state index contributed by atoms with van der Waals surface area (Å²) in [6.07, 6.45) is 2.82.